The number of aromatic nitrogens is 3. The van der Waals surface area contributed by atoms with Crippen LogP contribution in [0.25, 0.3) is 0 Å². The third kappa shape index (κ3) is 3.00. The molecule has 6 heteroatoms. The predicted octanol–water partition coefficient (Wildman–Crippen LogP) is 5.36. The summed E-state index contributed by atoms with van der Waals surface area (Å²) in [6, 6.07) is -0.125. The Balaban J connectivity index is 1.42. The van der Waals surface area contributed by atoms with E-state index in [2.05, 4.69) is 42.3 Å². The second-order valence-electron chi connectivity index (χ2n) is 11.3. The molecule has 6 nitrogen and oxygen atoms in total. The lowest BCUT2D eigenvalue weighted by atomic mass is 9.46. The lowest BCUT2D eigenvalue weighted by Crippen LogP contribution is -2.54. The van der Waals surface area contributed by atoms with E-state index in [0.29, 0.717) is 17.8 Å². The van der Waals surface area contributed by atoms with Gasteiger partial charge < -0.3 is 5.11 Å². The fourth-order valence-corrected chi connectivity index (χ4v) is 8.15. The molecule has 31 heavy (non-hydrogen) atoms. The van der Waals surface area contributed by atoms with Crippen molar-refractivity contribution in [3.05, 3.63) is 28.4 Å². The van der Waals surface area contributed by atoms with Crippen molar-refractivity contribution in [1.29, 1.82) is 0 Å². The van der Waals surface area contributed by atoms with Crippen LogP contribution in [0, 0.1) is 33.5 Å². The molecule has 0 radical (unpaired) electrons. The number of nitroso groups, excluding NO2 is 1. The minimum Gasteiger partial charge on any atom is -0.383 e. The molecule has 0 amide bonds. The van der Waals surface area contributed by atoms with E-state index in [0.717, 1.165) is 70.0 Å². The largest absolute Gasteiger partial charge is 0.383 e. The van der Waals surface area contributed by atoms with Crippen LogP contribution in [0.1, 0.15) is 90.7 Å². The second-order valence-corrected chi connectivity index (χ2v) is 11.3. The second kappa shape index (κ2) is 7.50. The third-order valence-corrected chi connectivity index (χ3v) is 10.1. The van der Waals surface area contributed by atoms with Crippen LogP contribution in [0.3, 0.4) is 0 Å². The molecule has 0 aromatic carbocycles. The summed E-state index contributed by atoms with van der Waals surface area (Å²) in [6.07, 6.45) is 14.7. The van der Waals surface area contributed by atoms with Crippen molar-refractivity contribution in [2.45, 2.75) is 103 Å². The molecule has 1 N–H and O–H groups in total. The van der Waals surface area contributed by atoms with Crippen LogP contribution < -0.4 is 0 Å². The summed E-state index contributed by atoms with van der Waals surface area (Å²) in [5, 5.41) is 24.2. The topological polar surface area (TPSA) is 80.4 Å². The molecule has 1 aromatic rings. The molecule has 1 heterocycles. The Kier molecular flexibility index (Phi) is 5.15. The van der Waals surface area contributed by atoms with E-state index in [1.165, 1.54) is 12.0 Å². The first-order valence-corrected chi connectivity index (χ1v) is 12.5. The summed E-state index contributed by atoms with van der Waals surface area (Å²) in [6.45, 7) is 7.82. The summed E-state index contributed by atoms with van der Waals surface area (Å²) in [5.74, 6) is 1.82. The fourth-order valence-electron chi connectivity index (χ4n) is 8.15. The Hall–Kier alpha value is -1.56. The van der Waals surface area contributed by atoms with Gasteiger partial charge in [0.05, 0.1) is 6.20 Å². The minimum atomic E-state index is -0.872. The number of rotatable bonds is 5. The average Bonchev–Trinajstić information content (AvgIpc) is 3.35. The quantitative estimate of drug-likeness (QED) is 0.507. The van der Waals surface area contributed by atoms with Crippen LogP contribution in [0.5, 0.6) is 0 Å². The van der Waals surface area contributed by atoms with Gasteiger partial charge in [0.15, 0.2) is 0 Å². The first-order chi connectivity index (χ1) is 14.9. The molecule has 170 valence electrons. The van der Waals surface area contributed by atoms with E-state index < -0.39 is 5.60 Å². The van der Waals surface area contributed by atoms with Gasteiger partial charge in [0.25, 0.3) is 0 Å². The molecule has 7 unspecified atom stereocenters. The zero-order valence-corrected chi connectivity index (χ0v) is 19.4. The van der Waals surface area contributed by atoms with Crippen molar-refractivity contribution in [3.8, 4) is 0 Å². The fraction of sp³-hybridized carbons (Fsp3) is 0.840. The number of aliphatic hydroxyl groups is 1. The zero-order chi connectivity index (χ0) is 21.9. The summed E-state index contributed by atoms with van der Waals surface area (Å²) < 4.78 is 1.91. The van der Waals surface area contributed by atoms with Gasteiger partial charge in [-0.3, -0.25) is 4.68 Å². The highest BCUT2D eigenvalue weighted by Crippen LogP contribution is 2.69. The molecule has 0 spiro atoms. The highest BCUT2D eigenvalue weighted by atomic mass is 16.3. The molecule has 0 aliphatic heterocycles. The maximum absolute atomic E-state index is 12.0. The van der Waals surface area contributed by atoms with Gasteiger partial charge in [-0.05, 0) is 81.0 Å². The van der Waals surface area contributed by atoms with Gasteiger partial charge >= 0.3 is 0 Å². The van der Waals surface area contributed by atoms with Gasteiger partial charge in [-0.25, -0.2) is 0 Å². The van der Waals surface area contributed by atoms with Crippen LogP contribution in [0.4, 0.5) is 0 Å². The predicted molar refractivity (Wildman–Crippen MR) is 120 cm³/mol. The number of nitrogens with zero attached hydrogens (tertiary/aromatic N) is 4. The maximum atomic E-state index is 12.0. The molecule has 4 aliphatic carbocycles. The summed E-state index contributed by atoms with van der Waals surface area (Å²) in [5.41, 5.74) is 1.46. The smallest absolute Gasteiger partial charge is 0.116 e. The molecule has 0 bridgehead atoms. The molecular weight excluding hydrogens is 388 g/mol. The molecule has 4 aliphatic rings. The Bertz CT molecular complexity index is 881. The molecule has 3 fully saturated rings. The van der Waals surface area contributed by atoms with Crippen LogP contribution in [0.2, 0.25) is 0 Å². The maximum Gasteiger partial charge on any atom is 0.116 e. The Morgan fingerprint density at radius 1 is 1.16 bits per heavy atom. The standard InChI is InChI=1S/C25H38N4O2/c1-4-5-14-29-16-22(26-28-29)25(30)13-10-21-19-7-6-17-15-18(27-31)8-11-23(17,2)20(19)9-12-24(21,25)3/h15-16,18-21,30H,4-14H2,1-3H3. The van der Waals surface area contributed by atoms with E-state index in [9.17, 15) is 10.0 Å². The lowest BCUT2D eigenvalue weighted by molar-refractivity contribution is -0.134. The highest BCUT2D eigenvalue weighted by Gasteiger charge is 2.65. The number of hydrogen-bond acceptors (Lipinski definition) is 5. The summed E-state index contributed by atoms with van der Waals surface area (Å²) >= 11 is 0. The van der Waals surface area contributed by atoms with Gasteiger partial charge in [-0.1, -0.05) is 49.2 Å². The van der Waals surface area contributed by atoms with E-state index in [1.807, 2.05) is 10.9 Å². The van der Waals surface area contributed by atoms with Crippen LogP contribution in [0.15, 0.2) is 23.0 Å². The van der Waals surface area contributed by atoms with Crippen LogP contribution >= 0.6 is 0 Å². The first-order valence-electron chi connectivity index (χ1n) is 12.5. The van der Waals surface area contributed by atoms with E-state index in [-0.39, 0.29) is 16.9 Å². The number of hydrogen-bond donors (Lipinski definition) is 1. The van der Waals surface area contributed by atoms with Crippen LogP contribution in [-0.4, -0.2) is 26.1 Å². The number of allylic oxidation sites excluding steroid dienone is 1. The molecule has 5 rings (SSSR count). The van der Waals surface area contributed by atoms with E-state index >= 15 is 0 Å². The summed E-state index contributed by atoms with van der Waals surface area (Å²) in [7, 11) is 0. The SMILES string of the molecule is CCCCn1cc(C2(O)CCC3C4CCC5=CC(N=O)CCC5(C)C4CCC32C)nn1. The van der Waals surface area contributed by atoms with Gasteiger partial charge in [-0.2, -0.15) is 4.91 Å². The van der Waals surface area contributed by atoms with Crippen molar-refractivity contribution in [1.82, 2.24) is 15.0 Å². The zero-order valence-electron chi connectivity index (χ0n) is 19.4. The van der Waals surface area contributed by atoms with Gasteiger partial charge in [-0.15, -0.1) is 5.10 Å². The van der Waals surface area contributed by atoms with Crippen molar-refractivity contribution < 1.29 is 5.11 Å². The molecule has 0 saturated heterocycles. The van der Waals surface area contributed by atoms with E-state index in [4.69, 9.17) is 0 Å². The number of fused-ring (bicyclic) bond motifs is 5. The lowest BCUT2D eigenvalue weighted by Gasteiger charge is -2.59. The normalized spacial score (nSPS) is 44.2. The third-order valence-electron chi connectivity index (χ3n) is 10.1. The highest BCUT2D eigenvalue weighted by molar-refractivity contribution is 5.28. The Morgan fingerprint density at radius 2 is 1.97 bits per heavy atom. The number of unbranched alkanes of at least 4 members (excludes halogenated alkanes) is 1. The number of aryl methyl sites for hydroxylation is 1. The van der Waals surface area contributed by atoms with Crippen molar-refractivity contribution in [2.24, 2.45) is 33.8 Å². The van der Waals surface area contributed by atoms with Gasteiger partial charge in [0.2, 0.25) is 0 Å². The van der Waals surface area contributed by atoms with E-state index in [1.54, 1.807) is 0 Å². The van der Waals surface area contributed by atoms with Gasteiger partial charge in [0, 0.05) is 12.0 Å². The molecular formula is C25H38N4O2. The molecule has 7 atom stereocenters. The Morgan fingerprint density at radius 3 is 2.74 bits per heavy atom. The van der Waals surface area contributed by atoms with Crippen molar-refractivity contribution in [2.75, 3.05) is 0 Å². The van der Waals surface area contributed by atoms with Crippen molar-refractivity contribution in [3.63, 3.8) is 0 Å². The van der Waals surface area contributed by atoms with Gasteiger partial charge in [0.1, 0.15) is 17.3 Å². The minimum absolute atomic E-state index is 0.125. The summed E-state index contributed by atoms with van der Waals surface area (Å²) in [4.78, 5) is 11.1. The Labute approximate surface area is 185 Å². The average molecular weight is 427 g/mol. The molecule has 1 aromatic heterocycles. The van der Waals surface area contributed by atoms with Crippen LogP contribution in [-0.2, 0) is 12.1 Å². The monoisotopic (exact) mass is 426 g/mol. The molecule has 3 saturated carbocycles. The first kappa shape index (κ1) is 21.3. The van der Waals surface area contributed by atoms with Crippen molar-refractivity contribution >= 4 is 0 Å².